The summed E-state index contributed by atoms with van der Waals surface area (Å²) in [5.74, 6) is -1.14. The van der Waals surface area contributed by atoms with E-state index in [0.717, 1.165) is 12.1 Å². The van der Waals surface area contributed by atoms with Crippen molar-refractivity contribution in [3.05, 3.63) is 48.5 Å². The normalized spacial score (nSPS) is 13.0. The maximum absolute atomic E-state index is 12.2. The molecule has 13 nitrogen and oxygen atoms in total. The monoisotopic (exact) mass is 531 g/mol. The molecule has 182 valence electrons. The number of phenols is 1. The van der Waals surface area contributed by atoms with Gasteiger partial charge in [0.25, 0.3) is 10.1 Å². The van der Waals surface area contributed by atoms with E-state index in [0.29, 0.717) is 0 Å². The highest BCUT2D eigenvalue weighted by atomic mass is 32.3. The molecule has 0 aliphatic carbocycles. The summed E-state index contributed by atoms with van der Waals surface area (Å²) in [6.45, 7) is -0.776. The highest BCUT2D eigenvalue weighted by Gasteiger charge is 2.18. The topological polar surface area (TPSA) is 223 Å². The Morgan fingerprint density at radius 2 is 1.47 bits per heavy atom. The van der Waals surface area contributed by atoms with Gasteiger partial charge >= 0.3 is 10.4 Å². The highest BCUT2D eigenvalue weighted by Crippen LogP contribution is 2.39. The Morgan fingerprint density at radius 1 is 0.824 bits per heavy atom. The number of rotatable bonds is 8. The largest absolute Gasteiger partial charge is 0.507 e. The number of benzene rings is 3. The van der Waals surface area contributed by atoms with Crippen LogP contribution in [0.5, 0.6) is 5.75 Å². The van der Waals surface area contributed by atoms with Crippen molar-refractivity contribution >= 4 is 58.2 Å². The SMILES string of the molecule is Nc1ccc2c(O)cc(S(=O)(=O)O)cc2c1N=Nc1ccc(S(=O)(=O)CCOS(=O)(=O)O)cc1. The zero-order valence-electron chi connectivity index (χ0n) is 16.9. The van der Waals surface area contributed by atoms with Crippen molar-refractivity contribution in [1.82, 2.24) is 0 Å². The van der Waals surface area contributed by atoms with Gasteiger partial charge in [-0.3, -0.25) is 9.11 Å². The van der Waals surface area contributed by atoms with Crippen LogP contribution in [-0.2, 0) is 34.5 Å². The lowest BCUT2D eigenvalue weighted by atomic mass is 10.1. The summed E-state index contributed by atoms with van der Waals surface area (Å²) in [5.41, 5.74) is 6.18. The Labute approximate surface area is 194 Å². The van der Waals surface area contributed by atoms with Gasteiger partial charge in [0.05, 0.1) is 33.5 Å². The van der Waals surface area contributed by atoms with Gasteiger partial charge in [0.15, 0.2) is 9.84 Å². The Hall–Kier alpha value is -3.15. The number of nitrogens with zero attached hydrogens (tertiary/aromatic N) is 2. The summed E-state index contributed by atoms with van der Waals surface area (Å²) in [7, 11) is -13.3. The number of phenolic OH excluding ortho intramolecular Hbond substituents is 1. The molecule has 0 fully saturated rings. The maximum atomic E-state index is 12.2. The number of hydrogen-bond acceptors (Lipinski definition) is 11. The lowest BCUT2D eigenvalue weighted by molar-refractivity contribution is 0.284. The van der Waals surface area contributed by atoms with Crippen LogP contribution >= 0.6 is 0 Å². The number of fused-ring (bicyclic) bond motifs is 1. The Morgan fingerprint density at radius 3 is 2.06 bits per heavy atom. The van der Waals surface area contributed by atoms with Crippen LogP contribution in [0.2, 0.25) is 0 Å². The van der Waals surface area contributed by atoms with Crippen LogP contribution in [0, 0.1) is 0 Å². The van der Waals surface area contributed by atoms with Gasteiger partial charge < -0.3 is 10.8 Å². The third-order valence-electron chi connectivity index (χ3n) is 4.43. The summed E-state index contributed by atoms with van der Waals surface area (Å²) in [4.78, 5) is -0.745. The smallest absolute Gasteiger partial charge is 0.397 e. The number of nitrogen functional groups attached to an aromatic ring is 1. The second-order valence-electron chi connectivity index (χ2n) is 6.78. The fraction of sp³-hybridized carbons (Fsp3) is 0.111. The lowest BCUT2D eigenvalue weighted by Crippen LogP contribution is -2.15. The molecular weight excluding hydrogens is 514 g/mol. The van der Waals surface area contributed by atoms with Crippen molar-refractivity contribution in [3.8, 4) is 5.75 Å². The Kier molecular flexibility index (Phi) is 6.92. The van der Waals surface area contributed by atoms with E-state index in [4.69, 9.17) is 10.3 Å². The zero-order chi connectivity index (χ0) is 25.3. The molecule has 0 heterocycles. The third-order valence-corrected chi connectivity index (χ3v) is 7.42. The minimum atomic E-state index is -4.77. The van der Waals surface area contributed by atoms with Crippen LogP contribution in [0.4, 0.5) is 17.1 Å². The fourth-order valence-electron chi connectivity index (χ4n) is 2.85. The van der Waals surface area contributed by atoms with Crippen molar-refractivity contribution in [2.45, 2.75) is 9.79 Å². The van der Waals surface area contributed by atoms with Gasteiger partial charge in [0.1, 0.15) is 11.4 Å². The molecule has 0 spiro atoms. The van der Waals surface area contributed by atoms with Crippen LogP contribution < -0.4 is 5.73 Å². The molecule has 0 unspecified atom stereocenters. The quantitative estimate of drug-likeness (QED) is 0.187. The predicted octanol–water partition coefficient (Wildman–Crippen LogP) is 2.38. The van der Waals surface area contributed by atoms with Crippen LogP contribution in [0.1, 0.15) is 0 Å². The third kappa shape index (κ3) is 6.04. The van der Waals surface area contributed by atoms with Crippen molar-refractivity contribution in [2.24, 2.45) is 10.2 Å². The molecule has 0 radical (unpaired) electrons. The standard InChI is InChI=1S/C18H17N3O10S3/c19-16-6-5-14-15(9-13(10-17(14)22)33(25,26)27)18(16)21-20-11-1-3-12(4-2-11)32(23,24)8-7-31-34(28,29)30/h1-6,9-10,22H,7-8,19H2,(H,25,26,27)(H,28,29,30). The number of hydrogen-bond donors (Lipinski definition) is 4. The average Bonchev–Trinajstić information content (AvgIpc) is 2.71. The van der Waals surface area contributed by atoms with Crippen molar-refractivity contribution < 1.29 is 43.6 Å². The molecule has 5 N–H and O–H groups in total. The van der Waals surface area contributed by atoms with Gasteiger partial charge in [-0.25, -0.2) is 12.6 Å². The molecule has 0 atom stereocenters. The average molecular weight is 532 g/mol. The summed E-state index contributed by atoms with van der Waals surface area (Å²) in [6, 6.07) is 9.74. The van der Waals surface area contributed by atoms with Crippen LogP contribution in [0.3, 0.4) is 0 Å². The lowest BCUT2D eigenvalue weighted by Gasteiger charge is -2.08. The van der Waals surface area contributed by atoms with Gasteiger partial charge in [0, 0.05) is 16.8 Å². The highest BCUT2D eigenvalue weighted by molar-refractivity contribution is 7.91. The summed E-state index contributed by atoms with van der Waals surface area (Å²) < 4.78 is 90.3. The van der Waals surface area contributed by atoms with E-state index in [9.17, 15) is 34.9 Å². The molecule has 0 aliphatic heterocycles. The number of aromatic hydroxyl groups is 1. The predicted molar refractivity (Wildman–Crippen MR) is 120 cm³/mol. The molecule has 3 aromatic rings. The fourth-order valence-corrected chi connectivity index (χ4v) is 4.86. The van der Waals surface area contributed by atoms with E-state index < -0.39 is 53.4 Å². The molecule has 34 heavy (non-hydrogen) atoms. The molecule has 0 aromatic heterocycles. The zero-order valence-corrected chi connectivity index (χ0v) is 19.4. The number of azo groups is 1. The van der Waals surface area contributed by atoms with Crippen molar-refractivity contribution in [1.29, 1.82) is 0 Å². The van der Waals surface area contributed by atoms with Crippen LogP contribution in [0.25, 0.3) is 10.8 Å². The first kappa shape index (κ1) is 25.5. The Balaban J connectivity index is 1.92. The number of sulfone groups is 1. The first-order valence-corrected chi connectivity index (χ1v) is 13.5. The molecule has 0 amide bonds. The van der Waals surface area contributed by atoms with Gasteiger partial charge in [-0.15, -0.1) is 5.11 Å². The van der Waals surface area contributed by atoms with E-state index in [2.05, 4.69) is 14.4 Å². The summed E-state index contributed by atoms with van der Waals surface area (Å²) in [5, 5.41) is 18.3. The maximum Gasteiger partial charge on any atom is 0.397 e. The van der Waals surface area contributed by atoms with Gasteiger partial charge in [0.2, 0.25) is 0 Å². The second-order valence-corrected chi connectivity index (χ2v) is 11.4. The van der Waals surface area contributed by atoms with E-state index >= 15 is 0 Å². The van der Waals surface area contributed by atoms with Crippen LogP contribution in [0.15, 0.2) is 68.6 Å². The van der Waals surface area contributed by atoms with Gasteiger partial charge in [-0.2, -0.15) is 21.9 Å². The molecule has 3 rings (SSSR count). The second kappa shape index (κ2) is 9.24. The van der Waals surface area contributed by atoms with Crippen molar-refractivity contribution in [2.75, 3.05) is 18.1 Å². The summed E-state index contributed by atoms with van der Waals surface area (Å²) >= 11 is 0. The molecule has 16 heteroatoms. The molecule has 0 saturated carbocycles. The van der Waals surface area contributed by atoms with Crippen molar-refractivity contribution in [3.63, 3.8) is 0 Å². The Bertz CT molecular complexity index is 1600. The molecule has 0 saturated heterocycles. The van der Waals surface area contributed by atoms with E-state index in [-0.39, 0.29) is 32.7 Å². The molecule has 0 aliphatic rings. The number of anilines is 1. The first-order valence-electron chi connectivity index (χ1n) is 9.06. The molecule has 0 bridgehead atoms. The van der Waals surface area contributed by atoms with Gasteiger partial charge in [-0.1, -0.05) is 0 Å². The number of nitrogens with two attached hydrogens (primary N) is 1. The molecule has 3 aromatic carbocycles. The van der Waals surface area contributed by atoms with Crippen LogP contribution in [-0.4, -0.2) is 51.8 Å². The van der Waals surface area contributed by atoms with Gasteiger partial charge in [-0.05, 0) is 42.5 Å². The van der Waals surface area contributed by atoms with E-state index in [1.54, 1.807) is 0 Å². The molecular formula is C18H17N3O10S3. The van der Waals surface area contributed by atoms with E-state index in [1.807, 2.05) is 0 Å². The minimum absolute atomic E-state index is 0.00244. The summed E-state index contributed by atoms with van der Waals surface area (Å²) in [6.07, 6.45) is 0. The minimum Gasteiger partial charge on any atom is -0.507 e. The first-order chi connectivity index (χ1) is 15.7. The van der Waals surface area contributed by atoms with E-state index in [1.165, 1.54) is 36.4 Å².